The average Bonchev–Trinajstić information content (AvgIpc) is 2.64. The Labute approximate surface area is 160 Å². The van der Waals surface area contributed by atoms with E-state index < -0.39 is 0 Å². The number of carbonyl (C=O) groups is 1. The van der Waals surface area contributed by atoms with E-state index in [2.05, 4.69) is 41.4 Å². The highest BCUT2D eigenvalue weighted by atomic mass is 19.1. The third-order valence-electron chi connectivity index (χ3n) is 6.03. The highest BCUT2D eigenvalue weighted by molar-refractivity contribution is 5.94. The van der Waals surface area contributed by atoms with Crippen LogP contribution in [0.1, 0.15) is 53.6 Å². The summed E-state index contributed by atoms with van der Waals surface area (Å²) in [6.07, 6.45) is 5.60. The molecule has 2 aliphatic heterocycles. The van der Waals surface area contributed by atoms with Crippen molar-refractivity contribution in [1.29, 1.82) is 0 Å². The summed E-state index contributed by atoms with van der Waals surface area (Å²) in [7, 11) is 0. The molecule has 2 heterocycles. The number of hydrogen-bond donors (Lipinski definition) is 1. The van der Waals surface area contributed by atoms with Gasteiger partial charge in [-0.3, -0.25) is 9.69 Å². The molecule has 2 fully saturated rings. The van der Waals surface area contributed by atoms with Gasteiger partial charge >= 0.3 is 0 Å². The first-order valence-electron chi connectivity index (χ1n) is 9.96. The first-order valence-corrected chi connectivity index (χ1v) is 9.96. The van der Waals surface area contributed by atoms with Gasteiger partial charge in [0.05, 0.1) is 0 Å². The smallest absolute Gasteiger partial charge is 0.251 e. The number of piperidine rings is 2. The van der Waals surface area contributed by atoms with Gasteiger partial charge in [0.2, 0.25) is 0 Å². The Morgan fingerprint density at radius 1 is 1.11 bits per heavy atom. The first kappa shape index (κ1) is 18.2. The molecule has 3 nitrogen and oxygen atoms in total. The molecule has 0 radical (unpaired) electrons. The van der Waals surface area contributed by atoms with E-state index in [1.165, 1.54) is 42.5 Å². The zero-order chi connectivity index (χ0) is 18.8. The number of nitrogens with zero attached hydrogens (tertiary/aromatic N) is 1. The number of amides is 1. The van der Waals surface area contributed by atoms with Crippen molar-refractivity contribution >= 4 is 5.91 Å². The number of hydrogen-bond acceptors (Lipinski definition) is 2. The highest BCUT2D eigenvalue weighted by Crippen LogP contribution is 2.35. The number of carbonyl (C=O) groups excluding carboxylic acids is 1. The van der Waals surface area contributed by atoms with Gasteiger partial charge in [0.25, 0.3) is 5.91 Å². The molecule has 2 atom stereocenters. The molecule has 4 heteroatoms. The summed E-state index contributed by atoms with van der Waals surface area (Å²) in [5, 5.41) is 3.15. The second kappa shape index (κ2) is 7.81. The molecule has 2 saturated heterocycles. The largest absolute Gasteiger partial charge is 0.349 e. The summed E-state index contributed by atoms with van der Waals surface area (Å²) in [6, 6.07) is 15.9. The van der Waals surface area contributed by atoms with Gasteiger partial charge in [-0.05, 0) is 56.4 Å². The number of aryl methyl sites for hydroxylation is 1. The summed E-state index contributed by atoms with van der Waals surface area (Å²) in [5.74, 6) is -0.531. The standard InChI is InChI=1S/C23H27FN2O/c1-16-8-10-17(11-9-16)15-26-21-6-3-7-22(26)14-20(13-21)25-23(27)18-4-2-5-19(24)12-18/h2,4-5,8-12,20-22H,3,6-7,13-15H2,1H3,(H,25,27)/t21-,22-/m1/s1. The quantitative estimate of drug-likeness (QED) is 0.867. The lowest BCUT2D eigenvalue weighted by atomic mass is 9.81. The van der Waals surface area contributed by atoms with E-state index in [-0.39, 0.29) is 17.8 Å². The normalized spacial score (nSPS) is 25.2. The molecule has 2 aliphatic rings. The molecule has 1 amide bonds. The van der Waals surface area contributed by atoms with Crippen molar-refractivity contribution in [2.75, 3.05) is 0 Å². The average molecular weight is 366 g/mol. The van der Waals surface area contributed by atoms with Gasteiger partial charge in [0.15, 0.2) is 0 Å². The molecule has 2 bridgehead atoms. The zero-order valence-electron chi connectivity index (χ0n) is 15.8. The Bertz CT molecular complexity index is 790. The zero-order valence-corrected chi connectivity index (χ0v) is 15.8. The van der Waals surface area contributed by atoms with Crippen molar-refractivity contribution in [3.8, 4) is 0 Å². The molecule has 2 aromatic rings. The molecule has 0 aromatic heterocycles. The van der Waals surface area contributed by atoms with Gasteiger partial charge in [0, 0.05) is 30.2 Å². The van der Waals surface area contributed by atoms with Crippen LogP contribution in [0.3, 0.4) is 0 Å². The lowest BCUT2D eigenvalue weighted by Gasteiger charge is -2.49. The van der Waals surface area contributed by atoms with E-state index >= 15 is 0 Å². The van der Waals surface area contributed by atoms with Crippen LogP contribution >= 0.6 is 0 Å². The van der Waals surface area contributed by atoms with Gasteiger partial charge in [0.1, 0.15) is 5.82 Å². The van der Waals surface area contributed by atoms with Crippen LogP contribution in [0.2, 0.25) is 0 Å². The van der Waals surface area contributed by atoms with Crippen LogP contribution in [-0.2, 0) is 6.54 Å². The van der Waals surface area contributed by atoms with Crippen LogP contribution in [0.4, 0.5) is 4.39 Å². The number of rotatable bonds is 4. The maximum atomic E-state index is 13.4. The fraction of sp³-hybridized carbons (Fsp3) is 0.435. The fourth-order valence-electron chi connectivity index (χ4n) is 4.66. The molecule has 2 aromatic carbocycles. The molecule has 27 heavy (non-hydrogen) atoms. The van der Waals surface area contributed by atoms with Crippen LogP contribution in [-0.4, -0.2) is 28.9 Å². The van der Waals surface area contributed by atoms with E-state index in [1.54, 1.807) is 12.1 Å². The fourth-order valence-corrected chi connectivity index (χ4v) is 4.66. The van der Waals surface area contributed by atoms with Crippen molar-refractivity contribution in [2.45, 2.75) is 63.7 Å². The van der Waals surface area contributed by atoms with Gasteiger partial charge in [-0.2, -0.15) is 0 Å². The van der Waals surface area contributed by atoms with Crippen LogP contribution < -0.4 is 5.32 Å². The van der Waals surface area contributed by atoms with Gasteiger partial charge in [-0.25, -0.2) is 4.39 Å². The Hall–Kier alpha value is -2.20. The second-order valence-electron chi connectivity index (χ2n) is 8.05. The predicted molar refractivity (Wildman–Crippen MR) is 105 cm³/mol. The maximum absolute atomic E-state index is 13.4. The molecule has 1 N–H and O–H groups in total. The van der Waals surface area contributed by atoms with Crippen molar-refractivity contribution in [3.05, 3.63) is 71.0 Å². The minimum Gasteiger partial charge on any atom is -0.349 e. The van der Waals surface area contributed by atoms with Crippen molar-refractivity contribution in [2.24, 2.45) is 0 Å². The summed E-state index contributed by atoms with van der Waals surface area (Å²) >= 11 is 0. The molecule has 0 unspecified atom stereocenters. The second-order valence-corrected chi connectivity index (χ2v) is 8.05. The van der Waals surface area contributed by atoms with Crippen LogP contribution in [0.5, 0.6) is 0 Å². The minimum absolute atomic E-state index is 0.162. The van der Waals surface area contributed by atoms with Crippen molar-refractivity contribution in [3.63, 3.8) is 0 Å². The highest BCUT2D eigenvalue weighted by Gasteiger charge is 2.38. The lowest BCUT2D eigenvalue weighted by molar-refractivity contribution is 0.0177. The third kappa shape index (κ3) is 4.22. The Kier molecular flexibility index (Phi) is 5.26. The molecule has 0 saturated carbocycles. The Balaban J connectivity index is 1.41. The van der Waals surface area contributed by atoms with Crippen molar-refractivity contribution < 1.29 is 9.18 Å². The van der Waals surface area contributed by atoms with Gasteiger partial charge in [-0.1, -0.05) is 42.3 Å². The maximum Gasteiger partial charge on any atom is 0.251 e. The molecule has 4 rings (SSSR count). The molecular weight excluding hydrogens is 339 g/mol. The number of halogens is 1. The lowest BCUT2D eigenvalue weighted by Crippen LogP contribution is -2.56. The summed E-state index contributed by atoms with van der Waals surface area (Å²) in [6.45, 7) is 3.10. The number of benzene rings is 2. The van der Waals surface area contributed by atoms with E-state index in [0.29, 0.717) is 17.6 Å². The minimum atomic E-state index is -0.368. The summed E-state index contributed by atoms with van der Waals surface area (Å²) in [5.41, 5.74) is 3.06. The topological polar surface area (TPSA) is 32.3 Å². The monoisotopic (exact) mass is 366 g/mol. The number of nitrogens with one attached hydrogen (secondary N) is 1. The van der Waals surface area contributed by atoms with E-state index in [0.717, 1.165) is 19.4 Å². The van der Waals surface area contributed by atoms with Crippen LogP contribution in [0.25, 0.3) is 0 Å². The van der Waals surface area contributed by atoms with E-state index in [4.69, 9.17) is 0 Å². The molecule has 0 aliphatic carbocycles. The van der Waals surface area contributed by atoms with Crippen LogP contribution in [0.15, 0.2) is 48.5 Å². The van der Waals surface area contributed by atoms with Crippen LogP contribution in [0, 0.1) is 12.7 Å². The van der Waals surface area contributed by atoms with Crippen molar-refractivity contribution in [1.82, 2.24) is 10.2 Å². The summed E-state index contributed by atoms with van der Waals surface area (Å²) < 4.78 is 13.4. The van der Waals surface area contributed by atoms with Gasteiger partial charge < -0.3 is 5.32 Å². The third-order valence-corrected chi connectivity index (χ3v) is 6.03. The molecule has 0 spiro atoms. The Morgan fingerprint density at radius 2 is 1.81 bits per heavy atom. The van der Waals surface area contributed by atoms with E-state index in [9.17, 15) is 9.18 Å². The Morgan fingerprint density at radius 3 is 2.48 bits per heavy atom. The molecular formula is C23H27FN2O. The van der Waals surface area contributed by atoms with Gasteiger partial charge in [-0.15, -0.1) is 0 Å². The molecule has 142 valence electrons. The number of fused-ring (bicyclic) bond motifs is 2. The predicted octanol–water partition coefficient (Wildman–Crippen LogP) is 4.45. The first-order chi connectivity index (χ1) is 13.1. The SMILES string of the molecule is Cc1ccc(CN2[C@@H]3CCC[C@@H]2CC(NC(=O)c2cccc(F)c2)C3)cc1. The van der Waals surface area contributed by atoms with E-state index in [1.807, 2.05) is 0 Å². The summed E-state index contributed by atoms with van der Waals surface area (Å²) in [4.78, 5) is 15.1.